The van der Waals surface area contributed by atoms with Gasteiger partial charge in [0.2, 0.25) is 0 Å². The Kier molecular flexibility index (Phi) is 2.14. The molecule has 0 saturated carbocycles. The Bertz CT molecular complexity index is 208. The van der Waals surface area contributed by atoms with Crippen molar-refractivity contribution in [1.82, 2.24) is 5.32 Å². The van der Waals surface area contributed by atoms with Crippen LogP contribution in [0.1, 0.15) is 13.8 Å². The summed E-state index contributed by atoms with van der Waals surface area (Å²) in [6.07, 6.45) is 0.870. The summed E-state index contributed by atoms with van der Waals surface area (Å²) in [5, 5.41) is 12.0. The lowest BCUT2D eigenvalue weighted by molar-refractivity contribution is 0.228. The molecule has 4 heteroatoms. The summed E-state index contributed by atoms with van der Waals surface area (Å²) in [7, 11) is 0. The van der Waals surface area contributed by atoms with Gasteiger partial charge in [-0.05, 0) is 12.0 Å². The molecule has 1 rings (SSSR count). The van der Waals surface area contributed by atoms with Gasteiger partial charge in [0, 0.05) is 5.70 Å². The van der Waals surface area contributed by atoms with Crippen molar-refractivity contribution in [3.63, 3.8) is 0 Å². The van der Waals surface area contributed by atoms with E-state index >= 15 is 0 Å². The maximum absolute atomic E-state index is 9.12. The molecule has 0 aliphatic carbocycles. The Hall–Kier alpha value is -1.03. The number of allylic oxidation sites excluding steroid dienone is 1. The Morgan fingerprint density at radius 1 is 1.73 bits per heavy atom. The summed E-state index contributed by atoms with van der Waals surface area (Å²) in [5.74, 6) is 0.613. The van der Waals surface area contributed by atoms with Crippen LogP contribution >= 0.6 is 0 Å². The summed E-state index contributed by atoms with van der Waals surface area (Å²) in [6, 6.07) is 0. The van der Waals surface area contributed by atoms with E-state index in [0.717, 1.165) is 5.70 Å². The van der Waals surface area contributed by atoms with Gasteiger partial charge in [-0.15, -0.1) is 0 Å². The molecule has 0 aromatic carbocycles. The smallest absolute Gasteiger partial charge is 0.195 e. The summed E-state index contributed by atoms with van der Waals surface area (Å²) in [5.41, 5.74) is 6.31. The average molecular weight is 155 g/mol. The lowest BCUT2D eigenvalue weighted by Gasteiger charge is -2.19. The van der Waals surface area contributed by atoms with Gasteiger partial charge in [-0.2, -0.15) is 0 Å². The molecule has 1 aliphatic heterocycles. The third-order valence-electron chi connectivity index (χ3n) is 1.49. The SMILES string of the molecule is CC(C)C1=C[C@@H](O)N=C(N)N1. The Balaban J connectivity index is 2.71. The summed E-state index contributed by atoms with van der Waals surface area (Å²) in [6.45, 7) is 4.04. The normalized spacial score (nSPS) is 24.2. The number of hydrogen-bond acceptors (Lipinski definition) is 4. The second-order valence-electron chi connectivity index (χ2n) is 2.83. The van der Waals surface area contributed by atoms with Gasteiger partial charge in [0.05, 0.1) is 0 Å². The molecule has 0 fully saturated rings. The lowest BCUT2D eigenvalue weighted by atomic mass is 10.1. The van der Waals surface area contributed by atoms with E-state index in [0.29, 0.717) is 5.92 Å². The molecule has 0 saturated heterocycles. The van der Waals surface area contributed by atoms with E-state index in [4.69, 9.17) is 10.8 Å². The van der Waals surface area contributed by atoms with Gasteiger partial charge in [0.1, 0.15) is 0 Å². The molecule has 4 nitrogen and oxygen atoms in total. The number of aliphatic hydroxyl groups is 1. The van der Waals surface area contributed by atoms with Crippen LogP contribution in [-0.4, -0.2) is 17.3 Å². The minimum atomic E-state index is -0.784. The first kappa shape index (κ1) is 8.07. The second-order valence-corrected chi connectivity index (χ2v) is 2.83. The largest absolute Gasteiger partial charge is 0.370 e. The Morgan fingerprint density at radius 2 is 2.36 bits per heavy atom. The lowest BCUT2D eigenvalue weighted by Crippen LogP contribution is -2.37. The Labute approximate surface area is 65.8 Å². The van der Waals surface area contributed by atoms with E-state index in [9.17, 15) is 0 Å². The summed E-state index contributed by atoms with van der Waals surface area (Å²) < 4.78 is 0. The van der Waals surface area contributed by atoms with Crippen molar-refractivity contribution in [3.05, 3.63) is 11.8 Å². The maximum Gasteiger partial charge on any atom is 0.195 e. The number of nitrogens with two attached hydrogens (primary N) is 1. The number of hydrogen-bond donors (Lipinski definition) is 3. The van der Waals surface area contributed by atoms with E-state index in [2.05, 4.69) is 10.3 Å². The van der Waals surface area contributed by atoms with Crippen molar-refractivity contribution in [2.45, 2.75) is 20.1 Å². The zero-order chi connectivity index (χ0) is 8.43. The van der Waals surface area contributed by atoms with Crippen molar-refractivity contribution < 1.29 is 5.11 Å². The van der Waals surface area contributed by atoms with Gasteiger partial charge in [-0.1, -0.05) is 13.8 Å². The second kappa shape index (κ2) is 2.92. The average Bonchev–Trinajstić information content (AvgIpc) is 1.85. The van der Waals surface area contributed by atoms with Gasteiger partial charge in [-0.25, -0.2) is 4.99 Å². The molecule has 0 radical (unpaired) electrons. The number of aliphatic hydroxyl groups excluding tert-OH is 1. The molecule has 0 amide bonds. The van der Waals surface area contributed by atoms with E-state index in [-0.39, 0.29) is 5.96 Å². The van der Waals surface area contributed by atoms with Crippen LogP contribution in [0.2, 0.25) is 0 Å². The first-order chi connectivity index (χ1) is 5.09. The molecular weight excluding hydrogens is 142 g/mol. The van der Waals surface area contributed by atoms with Crippen LogP contribution < -0.4 is 11.1 Å². The molecular formula is C7H13N3O. The highest BCUT2D eigenvalue weighted by Gasteiger charge is 2.12. The standard InChI is InChI=1S/C7H13N3O/c1-4(2)5-3-6(11)10-7(8)9-5/h3-4,6,11H,1-2H3,(H3,8,9,10)/t6-/m1/s1. The minimum Gasteiger partial charge on any atom is -0.370 e. The fourth-order valence-corrected chi connectivity index (χ4v) is 0.899. The Morgan fingerprint density at radius 3 is 2.82 bits per heavy atom. The summed E-state index contributed by atoms with van der Waals surface area (Å²) in [4.78, 5) is 3.68. The number of aliphatic imine (C=N–C) groups is 1. The molecule has 62 valence electrons. The van der Waals surface area contributed by atoms with Gasteiger partial charge in [-0.3, -0.25) is 0 Å². The van der Waals surface area contributed by atoms with Crippen LogP contribution in [0.25, 0.3) is 0 Å². The molecule has 4 N–H and O–H groups in total. The van der Waals surface area contributed by atoms with Crippen LogP contribution in [0, 0.1) is 5.92 Å². The first-order valence-corrected chi connectivity index (χ1v) is 3.59. The monoisotopic (exact) mass is 155 g/mol. The molecule has 1 atom stereocenters. The van der Waals surface area contributed by atoms with Crippen molar-refractivity contribution in [3.8, 4) is 0 Å². The predicted molar refractivity (Wildman–Crippen MR) is 43.7 cm³/mol. The molecule has 0 unspecified atom stereocenters. The topological polar surface area (TPSA) is 70.6 Å². The molecule has 0 aromatic heterocycles. The van der Waals surface area contributed by atoms with Crippen molar-refractivity contribution in [2.75, 3.05) is 0 Å². The van der Waals surface area contributed by atoms with Crippen LogP contribution in [0.15, 0.2) is 16.8 Å². The third kappa shape index (κ3) is 1.94. The fraction of sp³-hybridized carbons (Fsp3) is 0.571. The fourth-order valence-electron chi connectivity index (χ4n) is 0.899. The summed E-state index contributed by atoms with van der Waals surface area (Å²) >= 11 is 0. The number of nitrogens with zero attached hydrogens (tertiary/aromatic N) is 1. The van der Waals surface area contributed by atoms with E-state index in [1.165, 1.54) is 0 Å². The van der Waals surface area contributed by atoms with Gasteiger partial charge in [0.25, 0.3) is 0 Å². The van der Waals surface area contributed by atoms with Crippen LogP contribution in [0.4, 0.5) is 0 Å². The highest BCUT2D eigenvalue weighted by Crippen LogP contribution is 2.10. The predicted octanol–water partition coefficient (Wildman–Crippen LogP) is -0.237. The number of nitrogens with one attached hydrogen (secondary N) is 1. The zero-order valence-corrected chi connectivity index (χ0v) is 6.70. The number of rotatable bonds is 1. The number of guanidine groups is 1. The zero-order valence-electron chi connectivity index (χ0n) is 6.70. The first-order valence-electron chi connectivity index (χ1n) is 3.59. The quantitative estimate of drug-likeness (QED) is 0.489. The van der Waals surface area contributed by atoms with E-state index < -0.39 is 6.23 Å². The maximum atomic E-state index is 9.12. The molecule has 1 heterocycles. The van der Waals surface area contributed by atoms with Crippen molar-refractivity contribution in [1.29, 1.82) is 0 Å². The van der Waals surface area contributed by atoms with E-state index in [1.807, 2.05) is 13.8 Å². The van der Waals surface area contributed by atoms with Gasteiger partial charge < -0.3 is 16.2 Å². The third-order valence-corrected chi connectivity index (χ3v) is 1.49. The molecule has 0 bridgehead atoms. The van der Waals surface area contributed by atoms with Crippen LogP contribution in [0.3, 0.4) is 0 Å². The minimum absolute atomic E-state index is 0.281. The van der Waals surface area contributed by atoms with Gasteiger partial charge in [0.15, 0.2) is 12.2 Å². The molecule has 0 aromatic rings. The van der Waals surface area contributed by atoms with E-state index in [1.54, 1.807) is 6.08 Å². The van der Waals surface area contributed by atoms with Crippen LogP contribution in [0.5, 0.6) is 0 Å². The van der Waals surface area contributed by atoms with Crippen molar-refractivity contribution >= 4 is 5.96 Å². The highest BCUT2D eigenvalue weighted by atomic mass is 16.3. The molecule has 0 spiro atoms. The van der Waals surface area contributed by atoms with Gasteiger partial charge >= 0.3 is 0 Å². The van der Waals surface area contributed by atoms with Crippen molar-refractivity contribution in [2.24, 2.45) is 16.6 Å². The molecule has 1 aliphatic rings. The molecule has 11 heavy (non-hydrogen) atoms. The highest BCUT2D eigenvalue weighted by molar-refractivity contribution is 5.80. The van der Waals surface area contributed by atoms with Crippen LogP contribution in [-0.2, 0) is 0 Å².